The van der Waals surface area contributed by atoms with Crippen LogP contribution in [0.5, 0.6) is 0 Å². The topological polar surface area (TPSA) is 64.7 Å². The molecule has 3 heterocycles. The summed E-state index contributed by atoms with van der Waals surface area (Å²) < 4.78 is 4.74. The molecule has 98 valence electrons. The quantitative estimate of drug-likeness (QED) is 0.545. The average Bonchev–Trinajstić information content (AvgIpc) is 2.96. The normalized spacial score (nSPS) is 11.3. The Balaban J connectivity index is 2.01. The number of nitrogens with zero attached hydrogens (tertiary/aromatic N) is 4. The van der Waals surface area contributed by atoms with Crippen LogP contribution in [0.4, 0.5) is 0 Å². The summed E-state index contributed by atoms with van der Waals surface area (Å²) in [6.45, 7) is 6.15. The molecule has 5 nitrogen and oxygen atoms in total. The van der Waals surface area contributed by atoms with Crippen LogP contribution < -0.4 is 0 Å². The third kappa shape index (κ3) is 2.35. The predicted octanol–water partition coefficient (Wildman–Crippen LogP) is 3.29. The second-order valence-electron chi connectivity index (χ2n) is 4.18. The van der Waals surface area contributed by atoms with E-state index in [2.05, 4.69) is 34.0 Å². The van der Waals surface area contributed by atoms with E-state index < -0.39 is 0 Å². The van der Waals surface area contributed by atoms with Gasteiger partial charge in [-0.1, -0.05) is 16.9 Å². The zero-order valence-corrected chi connectivity index (χ0v) is 12.4. The van der Waals surface area contributed by atoms with Crippen LogP contribution >= 0.6 is 23.1 Å². The van der Waals surface area contributed by atoms with Gasteiger partial charge < -0.3 is 4.52 Å². The van der Waals surface area contributed by atoms with E-state index in [9.17, 15) is 0 Å². The van der Waals surface area contributed by atoms with E-state index >= 15 is 0 Å². The minimum atomic E-state index is 0.649. The molecule has 0 aromatic carbocycles. The molecule has 0 N–H and O–H groups in total. The summed E-state index contributed by atoms with van der Waals surface area (Å²) in [6.07, 6.45) is 1.34. The molecule has 0 atom stereocenters. The second kappa shape index (κ2) is 4.90. The summed E-state index contributed by atoms with van der Waals surface area (Å²) in [4.78, 5) is 15.4. The molecule has 0 saturated heterocycles. The smallest absolute Gasteiger partial charge is 0.213 e. The Bertz CT molecular complexity index is 721. The first-order chi connectivity index (χ1) is 9.15. The number of rotatable bonds is 3. The zero-order valence-electron chi connectivity index (χ0n) is 10.8. The van der Waals surface area contributed by atoms with Gasteiger partial charge in [0.15, 0.2) is 5.82 Å². The summed E-state index contributed by atoms with van der Waals surface area (Å²) in [5.74, 6) is 2.12. The van der Waals surface area contributed by atoms with Gasteiger partial charge in [-0.3, -0.25) is 0 Å². The molecular weight excluding hydrogens is 280 g/mol. The molecule has 19 heavy (non-hydrogen) atoms. The number of hydrogen-bond acceptors (Lipinski definition) is 7. The Morgan fingerprint density at radius 1 is 1.26 bits per heavy atom. The van der Waals surface area contributed by atoms with E-state index in [1.807, 2.05) is 6.92 Å². The monoisotopic (exact) mass is 292 g/mol. The van der Waals surface area contributed by atoms with Gasteiger partial charge in [0.2, 0.25) is 6.39 Å². The molecule has 0 aliphatic rings. The maximum absolute atomic E-state index is 4.74. The van der Waals surface area contributed by atoms with Gasteiger partial charge in [0, 0.05) is 10.3 Å². The molecule has 0 bridgehead atoms. The van der Waals surface area contributed by atoms with Gasteiger partial charge in [0.25, 0.3) is 0 Å². The van der Waals surface area contributed by atoms with E-state index in [1.165, 1.54) is 16.8 Å². The second-order valence-corrected chi connectivity index (χ2v) is 6.34. The fourth-order valence-electron chi connectivity index (χ4n) is 1.81. The van der Waals surface area contributed by atoms with Crippen molar-refractivity contribution < 1.29 is 4.52 Å². The molecule has 3 aromatic rings. The third-order valence-electron chi connectivity index (χ3n) is 2.85. The minimum absolute atomic E-state index is 0.649. The van der Waals surface area contributed by atoms with Crippen LogP contribution in [0, 0.1) is 20.8 Å². The van der Waals surface area contributed by atoms with Crippen molar-refractivity contribution in [1.82, 2.24) is 20.1 Å². The SMILES string of the molecule is Cc1nc(SCc2ncon2)c2c(C)c(C)sc2n1. The number of aryl methyl sites for hydroxylation is 3. The Hall–Kier alpha value is -1.47. The minimum Gasteiger partial charge on any atom is -0.343 e. The zero-order chi connectivity index (χ0) is 13.4. The summed E-state index contributed by atoms with van der Waals surface area (Å²) in [6, 6.07) is 0. The largest absolute Gasteiger partial charge is 0.343 e. The molecule has 7 heteroatoms. The van der Waals surface area contributed by atoms with Crippen molar-refractivity contribution in [2.24, 2.45) is 0 Å². The summed E-state index contributed by atoms with van der Waals surface area (Å²) in [5, 5.41) is 5.96. The van der Waals surface area contributed by atoms with Crippen LogP contribution in [0.3, 0.4) is 0 Å². The third-order valence-corrected chi connectivity index (χ3v) is 4.92. The fourth-order valence-corrected chi connectivity index (χ4v) is 3.93. The van der Waals surface area contributed by atoms with Gasteiger partial charge in [-0.2, -0.15) is 4.98 Å². The molecule has 0 unspecified atom stereocenters. The molecule has 3 aromatic heterocycles. The Labute approximate surface area is 118 Å². The first-order valence-electron chi connectivity index (χ1n) is 5.77. The summed E-state index contributed by atoms with van der Waals surface area (Å²) >= 11 is 3.34. The molecule has 0 fully saturated rings. The van der Waals surface area contributed by atoms with Crippen LogP contribution in [-0.2, 0) is 5.75 Å². The first-order valence-corrected chi connectivity index (χ1v) is 7.57. The molecule has 0 spiro atoms. The molecule has 0 radical (unpaired) electrons. The highest BCUT2D eigenvalue weighted by Crippen LogP contribution is 2.35. The molecular formula is C12H12N4OS2. The highest BCUT2D eigenvalue weighted by Gasteiger charge is 2.14. The lowest BCUT2D eigenvalue weighted by molar-refractivity contribution is 0.412. The van der Waals surface area contributed by atoms with Crippen molar-refractivity contribution in [1.29, 1.82) is 0 Å². The number of fused-ring (bicyclic) bond motifs is 1. The van der Waals surface area contributed by atoms with Crippen molar-refractivity contribution in [2.45, 2.75) is 31.6 Å². The Kier molecular flexibility index (Phi) is 3.24. The molecule has 3 rings (SSSR count). The molecule has 0 saturated carbocycles. The van der Waals surface area contributed by atoms with Crippen LogP contribution in [0.25, 0.3) is 10.2 Å². The Morgan fingerprint density at radius 3 is 2.84 bits per heavy atom. The molecule has 0 aliphatic heterocycles. The van der Waals surface area contributed by atoms with Gasteiger partial charge in [-0.15, -0.1) is 11.3 Å². The van der Waals surface area contributed by atoms with Crippen LogP contribution in [0.2, 0.25) is 0 Å². The lowest BCUT2D eigenvalue weighted by atomic mass is 10.2. The van der Waals surface area contributed by atoms with Gasteiger partial charge in [0.1, 0.15) is 15.7 Å². The average molecular weight is 292 g/mol. The van der Waals surface area contributed by atoms with Gasteiger partial charge in [-0.25, -0.2) is 9.97 Å². The Morgan fingerprint density at radius 2 is 2.11 bits per heavy atom. The van der Waals surface area contributed by atoms with Crippen molar-refractivity contribution in [3.63, 3.8) is 0 Å². The van der Waals surface area contributed by atoms with Gasteiger partial charge >= 0.3 is 0 Å². The number of thioether (sulfide) groups is 1. The van der Waals surface area contributed by atoms with Gasteiger partial charge in [-0.05, 0) is 26.3 Å². The number of aromatic nitrogens is 4. The summed E-state index contributed by atoms with van der Waals surface area (Å²) in [7, 11) is 0. The molecule has 0 amide bonds. The summed E-state index contributed by atoms with van der Waals surface area (Å²) in [5.41, 5.74) is 1.26. The van der Waals surface area contributed by atoms with Crippen LogP contribution in [0.15, 0.2) is 15.9 Å². The first kappa shape index (κ1) is 12.6. The van der Waals surface area contributed by atoms with Crippen molar-refractivity contribution in [3.05, 3.63) is 28.5 Å². The molecule has 0 aliphatic carbocycles. The van der Waals surface area contributed by atoms with E-state index in [1.54, 1.807) is 23.1 Å². The van der Waals surface area contributed by atoms with Gasteiger partial charge in [0.05, 0.1) is 5.75 Å². The van der Waals surface area contributed by atoms with Crippen molar-refractivity contribution >= 4 is 33.3 Å². The predicted molar refractivity (Wildman–Crippen MR) is 75.5 cm³/mol. The highest BCUT2D eigenvalue weighted by atomic mass is 32.2. The van der Waals surface area contributed by atoms with E-state index in [4.69, 9.17) is 4.52 Å². The van der Waals surface area contributed by atoms with Crippen molar-refractivity contribution in [2.75, 3.05) is 0 Å². The fraction of sp³-hybridized carbons (Fsp3) is 0.333. The van der Waals surface area contributed by atoms with Crippen LogP contribution in [0.1, 0.15) is 22.1 Å². The lowest BCUT2D eigenvalue weighted by Crippen LogP contribution is -1.92. The number of hydrogen-bond donors (Lipinski definition) is 0. The maximum atomic E-state index is 4.74. The van der Waals surface area contributed by atoms with Crippen molar-refractivity contribution in [3.8, 4) is 0 Å². The maximum Gasteiger partial charge on any atom is 0.213 e. The van der Waals surface area contributed by atoms with E-state index in [-0.39, 0.29) is 0 Å². The van der Waals surface area contributed by atoms with E-state index in [0.717, 1.165) is 21.1 Å². The highest BCUT2D eigenvalue weighted by molar-refractivity contribution is 7.98. The number of thiophene rings is 1. The lowest BCUT2D eigenvalue weighted by Gasteiger charge is -2.03. The standard InChI is InChI=1S/C12H12N4OS2/c1-6-7(2)19-12-10(6)11(14-8(3)15-12)18-4-9-13-5-17-16-9/h5H,4H2,1-3H3. The van der Waals surface area contributed by atoms with Crippen LogP contribution in [-0.4, -0.2) is 20.1 Å². The van der Waals surface area contributed by atoms with E-state index in [0.29, 0.717) is 11.6 Å².